The van der Waals surface area contributed by atoms with Gasteiger partial charge < -0.3 is 39.5 Å². The predicted molar refractivity (Wildman–Crippen MR) is 319 cm³/mol. The zero-order valence-electron chi connectivity index (χ0n) is 48.4. The molecule has 3 aliphatic heterocycles. The Labute approximate surface area is 475 Å². The number of halogens is 2. The summed E-state index contributed by atoms with van der Waals surface area (Å²) in [6.07, 6.45) is 8.96. The first kappa shape index (κ1) is 63.7. The molecule has 17 heteroatoms. The van der Waals surface area contributed by atoms with E-state index in [0.717, 1.165) is 107 Å². The highest BCUT2D eigenvalue weighted by atomic mass is 35.5. The zero-order valence-corrected chi connectivity index (χ0v) is 49.9. The molecule has 2 aromatic carbocycles. The lowest BCUT2D eigenvalue weighted by Crippen LogP contribution is -2.59. The number of ether oxygens (including phenoxy) is 3. The van der Waals surface area contributed by atoms with Crippen molar-refractivity contribution in [1.29, 1.82) is 0 Å². The third-order valence-corrected chi connectivity index (χ3v) is 14.3. The molecule has 9 rings (SSSR count). The van der Waals surface area contributed by atoms with Crippen LogP contribution in [-0.4, -0.2) is 127 Å². The van der Waals surface area contributed by atoms with Crippen LogP contribution in [0.25, 0.3) is 33.3 Å². The third kappa shape index (κ3) is 17.4. The first-order valence-electron chi connectivity index (χ1n) is 28.5. The maximum Gasteiger partial charge on any atom is 0.324 e. The van der Waals surface area contributed by atoms with E-state index in [1.54, 1.807) is 25.3 Å². The Morgan fingerprint density at radius 3 is 2.26 bits per heavy atom. The highest BCUT2D eigenvalue weighted by Crippen LogP contribution is 2.43. The van der Waals surface area contributed by atoms with Gasteiger partial charge in [0.05, 0.1) is 55.2 Å². The van der Waals surface area contributed by atoms with Gasteiger partial charge in [0.25, 0.3) is 5.91 Å². The molecule has 3 aromatic heterocycles. The molecular weight excluding hydrogens is 1030 g/mol. The van der Waals surface area contributed by atoms with Crippen LogP contribution in [0.3, 0.4) is 0 Å². The molecule has 4 N–H and O–H groups in total. The SMILES string of the molecule is CC.CC.CCC.CCn1c(-c2cc(N3CCN(C4CC4)CC3)cnc2C(C)OC)c2c3cc(ccc31)-c1cc(cc(NCCOCCC=O)c1)CC(N)C(=O)N1CCC[C@H](N1)C(=O)OCC(C)(C)C2.Clc1cccc(Cl)n1. The van der Waals surface area contributed by atoms with Crippen molar-refractivity contribution in [2.45, 2.75) is 151 Å². The van der Waals surface area contributed by atoms with E-state index in [9.17, 15) is 14.4 Å². The minimum atomic E-state index is -0.842. The quantitative estimate of drug-likeness (QED) is 0.0441. The molecule has 15 nitrogen and oxygen atoms in total. The minimum absolute atomic E-state index is 0.191. The Bertz CT molecular complexity index is 2670. The number of carbonyl (C=O) groups excluding carboxylic acids is 3. The number of nitrogens with one attached hydrogen (secondary N) is 2. The number of aryl methyl sites for hydroxylation is 1. The van der Waals surface area contributed by atoms with Crippen molar-refractivity contribution in [3.8, 4) is 22.4 Å². The van der Waals surface area contributed by atoms with Crippen molar-refractivity contribution in [3.63, 3.8) is 0 Å². The number of methoxy groups -OCH3 is 1. The summed E-state index contributed by atoms with van der Waals surface area (Å²) < 4.78 is 20.2. The monoisotopic (exact) mass is 1110 g/mol. The van der Waals surface area contributed by atoms with Crippen molar-refractivity contribution in [1.82, 2.24) is 29.9 Å². The number of hydrogen-bond donors (Lipinski definition) is 3. The van der Waals surface area contributed by atoms with Gasteiger partial charge in [-0.15, -0.1) is 0 Å². The predicted octanol–water partition coefficient (Wildman–Crippen LogP) is 11.7. The average molecular weight is 1120 g/mol. The molecule has 2 unspecified atom stereocenters. The van der Waals surface area contributed by atoms with Crippen LogP contribution in [-0.2, 0) is 48.0 Å². The van der Waals surface area contributed by atoms with Gasteiger partial charge in [-0.3, -0.25) is 24.5 Å². The van der Waals surface area contributed by atoms with Crippen LogP contribution in [0, 0.1) is 5.41 Å². The van der Waals surface area contributed by atoms with Crippen LogP contribution in [0.2, 0.25) is 10.3 Å². The fourth-order valence-corrected chi connectivity index (χ4v) is 10.4. The molecule has 3 fully saturated rings. The molecule has 428 valence electrons. The highest BCUT2D eigenvalue weighted by Gasteiger charge is 2.35. The van der Waals surface area contributed by atoms with Gasteiger partial charge in [-0.05, 0) is 117 Å². The van der Waals surface area contributed by atoms with Gasteiger partial charge >= 0.3 is 5.97 Å². The van der Waals surface area contributed by atoms with Gasteiger partial charge in [-0.1, -0.05) is 103 Å². The van der Waals surface area contributed by atoms with Gasteiger partial charge in [0.2, 0.25) is 0 Å². The molecule has 0 radical (unpaired) electrons. The Balaban J connectivity index is 0.000000661. The maximum atomic E-state index is 13.8. The summed E-state index contributed by atoms with van der Waals surface area (Å²) in [6, 6.07) is 19.7. The average Bonchev–Trinajstić information content (AvgIpc) is 4.47. The fourth-order valence-electron chi connectivity index (χ4n) is 9.98. The maximum absolute atomic E-state index is 13.8. The van der Waals surface area contributed by atoms with Crippen LogP contribution in [0.5, 0.6) is 0 Å². The second-order valence-corrected chi connectivity index (χ2v) is 21.3. The first-order chi connectivity index (χ1) is 37.7. The number of fused-ring (bicyclic) bond motifs is 6. The van der Waals surface area contributed by atoms with Gasteiger partial charge in [0, 0.05) is 93.0 Å². The number of piperazine rings is 1. The molecule has 78 heavy (non-hydrogen) atoms. The smallest absolute Gasteiger partial charge is 0.324 e. The lowest BCUT2D eigenvalue weighted by atomic mass is 9.84. The lowest BCUT2D eigenvalue weighted by Gasteiger charge is -2.36. The number of rotatable bonds is 13. The highest BCUT2D eigenvalue weighted by molar-refractivity contribution is 6.32. The molecule has 6 heterocycles. The van der Waals surface area contributed by atoms with Gasteiger partial charge in [-0.25, -0.2) is 10.4 Å². The van der Waals surface area contributed by atoms with E-state index in [1.165, 1.54) is 24.3 Å². The van der Waals surface area contributed by atoms with Crippen molar-refractivity contribution in [3.05, 3.63) is 94.0 Å². The minimum Gasteiger partial charge on any atom is -0.464 e. The Morgan fingerprint density at radius 1 is 0.923 bits per heavy atom. The molecule has 1 amide bonds. The number of aromatic nitrogens is 3. The first-order valence-corrected chi connectivity index (χ1v) is 29.3. The van der Waals surface area contributed by atoms with Crippen LogP contribution >= 0.6 is 23.2 Å². The number of aldehydes is 1. The van der Waals surface area contributed by atoms with Gasteiger partial charge in [-0.2, -0.15) is 0 Å². The second-order valence-electron chi connectivity index (χ2n) is 20.5. The number of amides is 1. The van der Waals surface area contributed by atoms with Gasteiger partial charge in [0.15, 0.2) is 0 Å². The van der Waals surface area contributed by atoms with Crippen LogP contribution in [0.1, 0.15) is 131 Å². The van der Waals surface area contributed by atoms with Crippen LogP contribution in [0.4, 0.5) is 11.4 Å². The Kier molecular flexibility index (Phi) is 25.8. The molecule has 1 aliphatic carbocycles. The number of nitrogens with two attached hydrogens (primary N) is 1. The molecule has 5 aromatic rings. The van der Waals surface area contributed by atoms with Crippen LogP contribution < -0.4 is 21.4 Å². The fraction of sp³-hybridized carbons (Fsp3) is 0.557. The van der Waals surface area contributed by atoms with E-state index in [-0.39, 0.29) is 24.6 Å². The molecule has 0 spiro atoms. The molecule has 6 bridgehead atoms. The topological polar surface area (TPSA) is 169 Å². The second kappa shape index (κ2) is 31.6. The number of anilines is 2. The summed E-state index contributed by atoms with van der Waals surface area (Å²) in [5, 5.41) is 6.98. The van der Waals surface area contributed by atoms with Crippen molar-refractivity contribution in [2.75, 3.05) is 76.4 Å². The zero-order chi connectivity index (χ0) is 56.9. The molecule has 1 saturated carbocycles. The number of hydrazine groups is 1. The summed E-state index contributed by atoms with van der Waals surface area (Å²) in [5.74, 6) is -0.639. The van der Waals surface area contributed by atoms with E-state index >= 15 is 0 Å². The summed E-state index contributed by atoms with van der Waals surface area (Å²) in [7, 11) is 1.74. The molecule has 4 aliphatic rings. The van der Waals surface area contributed by atoms with Crippen molar-refractivity contribution in [2.24, 2.45) is 11.1 Å². The van der Waals surface area contributed by atoms with Crippen molar-refractivity contribution >= 4 is 63.6 Å². The van der Waals surface area contributed by atoms with E-state index in [4.69, 9.17) is 48.1 Å². The number of esters is 1. The standard InChI is InChI=1S/C49H66N8O6.C5H3Cl2N.C3H8.2C2H6/c1-6-56-44-13-10-34-27-39(44)41(46(56)40-28-38(30-52-45(40)32(2)61-5)55-18-16-54(17-19-55)37-11-12-37)29-49(3,4)31-63-48(60)43-9-7-15-57(53-43)47(59)42(50)25-33-23-35(34)26-36(24-33)51-14-22-62-21-8-20-58;6-4-2-1-3-5(7)8-4;1-3-2;2*1-2/h10,13,20,23-24,26-28,30,32,37,42-43,51,53H,6-9,11-12,14-19,21-22,25,29,31,50H2,1-5H3;1-3H;3H2,1-2H3;2*1-2H3/t32?,42?,43-;;;;/m0..../s1. The van der Waals surface area contributed by atoms with Crippen molar-refractivity contribution < 1.29 is 28.6 Å². The number of pyridine rings is 2. The summed E-state index contributed by atoms with van der Waals surface area (Å²) in [6.45, 7) is 27.5. The number of benzene rings is 2. The molecule has 3 atom stereocenters. The van der Waals surface area contributed by atoms with E-state index in [0.29, 0.717) is 68.7 Å². The Hall–Kier alpha value is -5.13. The normalized spacial score (nSPS) is 18.7. The number of hydrogen-bond acceptors (Lipinski definition) is 13. The summed E-state index contributed by atoms with van der Waals surface area (Å²) >= 11 is 10.9. The lowest BCUT2D eigenvalue weighted by molar-refractivity contribution is -0.154. The number of nitrogens with zero attached hydrogens (tertiary/aromatic N) is 6. The molecule has 2 saturated heterocycles. The molecular formula is C61H89Cl2N9O6. The summed E-state index contributed by atoms with van der Waals surface area (Å²) in [4.78, 5) is 52.4. The largest absolute Gasteiger partial charge is 0.464 e. The number of cyclic esters (lactones) is 1. The van der Waals surface area contributed by atoms with E-state index in [1.807, 2.05) is 40.0 Å². The van der Waals surface area contributed by atoms with E-state index < -0.39 is 17.5 Å². The Morgan fingerprint density at radius 2 is 1.63 bits per heavy atom. The number of carbonyl (C=O) groups is 3. The van der Waals surface area contributed by atoms with Crippen LogP contribution in [0.15, 0.2) is 66.9 Å². The third-order valence-electron chi connectivity index (χ3n) is 13.9. The summed E-state index contributed by atoms with van der Waals surface area (Å²) in [5.41, 5.74) is 19.6. The van der Waals surface area contributed by atoms with Gasteiger partial charge in [0.1, 0.15) is 22.6 Å². The van der Waals surface area contributed by atoms with E-state index in [2.05, 4.69) is 108 Å².